The molecule has 118 valence electrons. The molecule has 0 spiro atoms. The van der Waals surface area contributed by atoms with Gasteiger partial charge >= 0.3 is 0 Å². The molecule has 22 heavy (non-hydrogen) atoms. The number of hydrogen-bond acceptors (Lipinski definition) is 6. The molecule has 2 rings (SSSR count). The van der Waals surface area contributed by atoms with Crippen molar-refractivity contribution >= 4 is 29.3 Å². The number of methoxy groups -OCH3 is 1. The molecular weight excluding hydrogens is 326 g/mol. The van der Waals surface area contributed by atoms with Crippen LogP contribution in [-0.2, 0) is 9.53 Å². The molecule has 0 unspecified atom stereocenters. The van der Waals surface area contributed by atoms with Crippen LogP contribution in [0.3, 0.4) is 0 Å². The van der Waals surface area contributed by atoms with E-state index in [0.717, 1.165) is 12.1 Å². The molecule has 0 saturated carbocycles. The third-order valence-electron chi connectivity index (χ3n) is 2.69. The Morgan fingerprint density at radius 1 is 1.41 bits per heavy atom. The number of hydrogen-bond donors (Lipinski definition) is 1. The number of halogens is 1. The van der Waals surface area contributed by atoms with E-state index in [1.54, 1.807) is 23.9 Å². The van der Waals surface area contributed by atoms with Crippen LogP contribution < -0.4 is 5.32 Å². The summed E-state index contributed by atoms with van der Waals surface area (Å²) >= 11 is 7.13. The number of nitrogens with one attached hydrogen (secondary N) is 1. The number of thioether (sulfide) groups is 1. The van der Waals surface area contributed by atoms with Crippen molar-refractivity contribution in [1.29, 1.82) is 0 Å². The van der Waals surface area contributed by atoms with Gasteiger partial charge in [0.2, 0.25) is 11.1 Å². The standard InChI is InChI=1S/C13H16ClN5O2S/c1-21-8-2-7-15-12(20)9-22-13-16-17-18-19(13)11-5-3-10(14)4-6-11/h3-6H,2,7-9H2,1H3,(H,15,20). The second kappa shape index (κ2) is 8.72. The van der Waals surface area contributed by atoms with Gasteiger partial charge in [-0.15, -0.1) is 5.10 Å². The van der Waals surface area contributed by atoms with Crippen molar-refractivity contribution in [2.75, 3.05) is 26.0 Å². The normalized spacial score (nSPS) is 10.6. The summed E-state index contributed by atoms with van der Waals surface area (Å²) in [4.78, 5) is 11.7. The van der Waals surface area contributed by atoms with E-state index < -0.39 is 0 Å². The molecule has 1 aromatic heterocycles. The van der Waals surface area contributed by atoms with Crippen molar-refractivity contribution in [1.82, 2.24) is 25.5 Å². The van der Waals surface area contributed by atoms with Gasteiger partial charge in [0, 0.05) is 25.3 Å². The molecule has 1 amide bonds. The van der Waals surface area contributed by atoms with Crippen LogP contribution in [0.15, 0.2) is 29.4 Å². The number of ether oxygens (including phenoxy) is 1. The fourth-order valence-corrected chi connectivity index (χ4v) is 2.49. The molecule has 0 radical (unpaired) electrons. The first-order valence-corrected chi connectivity index (χ1v) is 8.00. The van der Waals surface area contributed by atoms with Gasteiger partial charge in [-0.3, -0.25) is 4.79 Å². The highest BCUT2D eigenvalue weighted by molar-refractivity contribution is 7.99. The van der Waals surface area contributed by atoms with E-state index in [2.05, 4.69) is 20.8 Å². The Balaban J connectivity index is 1.88. The van der Waals surface area contributed by atoms with Gasteiger partial charge < -0.3 is 10.1 Å². The molecular formula is C13H16ClN5O2S. The number of carbonyl (C=O) groups is 1. The summed E-state index contributed by atoms with van der Waals surface area (Å²) in [5.41, 5.74) is 0.789. The molecule has 0 aliphatic rings. The lowest BCUT2D eigenvalue weighted by molar-refractivity contribution is -0.118. The van der Waals surface area contributed by atoms with Crippen molar-refractivity contribution in [3.63, 3.8) is 0 Å². The highest BCUT2D eigenvalue weighted by atomic mass is 35.5. The minimum atomic E-state index is -0.0632. The smallest absolute Gasteiger partial charge is 0.230 e. The number of carbonyl (C=O) groups excluding carboxylic acids is 1. The predicted octanol–water partition coefficient (Wildman–Crippen LogP) is 1.56. The Hall–Kier alpha value is -1.64. The fourth-order valence-electron chi connectivity index (χ4n) is 1.64. The number of benzene rings is 1. The fraction of sp³-hybridized carbons (Fsp3) is 0.385. The number of aromatic nitrogens is 4. The van der Waals surface area contributed by atoms with Gasteiger partial charge in [-0.2, -0.15) is 4.68 Å². The molecule has 0 fully saturated rings. The molecule has 0 aliphatic heterocycles. The van der Waals surface area contributed by atoms with Gasteiger partial charge in [-0.1, -0.05) is 23.4 Å². The van der Waals surface area contributed by atoms with E-state index in [-0.39, 0.29) is 11.7 Å². The summed E-state index contributed by atoms with van der Waals surface area (Å²) < 4.78 is 6.49. The van der Waals surface area contributed by atoms with Crippen molar-refractivity contribution in [2.45, 2.75) is 11.6 Å². The molecule has 7 nitrogen and oxygen atoms in total. The average Bonchev–Trinajstić information content (AvgIpc) is 2.99. The lowest BCUT2D eigenvalue weighted by atomic mass is 10.3. The summed E-state index contributed by atoms with van der Waals surface area (Å²) in [7, 11) is 1.63. The topological polar surface area (TPSA) is 81.9 Å². The lowest BCUT2D eigenvalue weighted by Crippen LogP contribution is -2.26. The molecule has 0 bridgehead atoms. The summed E-state index contributed by atoms with van der Waals surface area (Å²) in [6.45, 7) is 1.22. The Bertz CT molecular complexity index is 605. The van der Waals surface area contributed by atoms with E-state index in [1.165, 1.54) is 11.8 Å². The Morgan fingerprint density at radius 3 is 2.91 bits per heavy atom. The van der Waals surface area contributed by atoms with Gasteiger partial charge in [0.25, 0.3) is 0 Å². The van der Waals surface area contributed by atoms with Crippen LogP contribution in [0, 0.1) is 0 Å². The minimum Gasteiger partial charge on any atom is -0.385 e. The largest absolute Gasteiger partial charge is 0.385 e. The van der Waals surface area contributed by atoms with Gasteiger partial charge in [0.1, 0.15) is 0 Å². The van der Waals surface area contributed by atoms with Crippen LogP contribution in [0.5, 0.6) is 0 Å². The second-order valence-corrected chi connectivity index (χ2v) is 5.71. The first kappa shape index (κ1) is 16.7. The van der Waals surface area contributed by atoms with E-state index in [1.807, 2.05) is 12.1 Å². The zero-order valence-electron chi connectivity index (χ0n) is 12.0. The van der Waals surface area contributed by atoms with Gasteiger partial charge in [0.05, 0.1) is 11.4 Å². The maximum absolute atomic E-state index is 11.7. The van der Waals surface area contributed by atoms with Crippen LogP contribution >= 0.6 is 23.4 Å². The first-order valence-electron chi connectivity index (χ1n) is 6.63. The van der Waals surface area contributed by atoms with Crippen LogP contribution in [-0.4, -0.2) is 52.1 Å². The molecule has 0 saturated heterocycles. The Labute approximate surface area is 137 Å². The molecule has 0 aliphatic carbocycles. The number of rotatable bonds is 8. The van der Waals surface area contributed by atoms with E-state index in [0.29, 0.717) is 23.3 Å². The second-order valence-electron chi connectivity index (χ2n) is 4.33. The zero-order chi connectivity index (χ0) is 15.8. The van der Waals surface area contributed by atoms with Crippen LogP contribution in [0.2, 0.25) is 5.02 Å². The molecule has 0 atom stereocenters. The predicted molar refractivity (Wildman–Crippen MR) is 84.4 cm³/mol. The quantitative estimate of drug-likeness (QED) is 0.579. The van der Waals surface area contributed by atoms with E-state index in [4.69, 9.17) is 16.3 Å². The van der Waals surface area contributed by atoms with Crippen molar-refractivity contribution < 1.29 is 9.53 Å². The zero-order valence-corrected chi connectivity index (χ0v) is 13.6. The number of amides is 1. The molecule has 2 aromatic rings. The highest BCUT2D eigenvalue weighted by Crippen LogP contribution is 2.19. The minimum absolute atomic E-state index is 0.0632. The average molecular weight is 342 g/mol. The van der Waals surface area contributed by atoms with Crippen molar-refractivity contribution in [3.8, 4) is 5.69 Å². The van der Waals surface area contributed by atoms with Crippen LogP contribution in [0.25, 0.3) is 5.69 Å². The van der Waals surface area contributed by atoms with Crippen molar-refractivity contribution in [2.24, 2.45) is 0 Å². The van der Waals surface area contributed by atoms with E-state index >= 15 is 0 Å². The first-order chi connectivity index (χ1) is 10.7. The molecule has 1 aromatic carbocycles. The number of nitrogens with zero attached hydrogens (tertiary/aromatic N) is 4. The molecule has 9 heteroatoms. The van der Waals surface area contributed by atoms with Crippen LogP contribution in [0.1, 0.15) is 6.42 Å². The van der Waals surface area contributed by atoms with E-state index in [9.17, 15) is 4.79 Å². The summed E-state index contributed by atoms with van der Waals surface area (Å²) in [5.74, 6) is 0.188. The van der Waals surface area contributed by atoms with Crippen LogP contribution in [0.4, 0.5) is 0 Å². The summed E-state index contributed by atoms with van der Waals surface area (Å²) in [6.07, 6.45) is 0.787. The Kier molecular flexibility index (Phi) is 6.63. The molecule has 1 heterocycles. The monoisotopic (exact) mass is 341 g/mol. The van der Waals surface area contributed by atoms with Gasteiger partial charge in [-0.25, -0.2) is 0 Å². The van der Waals surface area contributed by atoms with Gasteiger partial charge in [0.15, 0.2) is 0 Å². The molecule has 1 N–H and O–H groups in total. The van der Waals surface area contributed by atoms with Gasteiger partial charge in [-0.05, 0) is 41.1 Å². The highest BCUT2D eigenvalue weighted by Gasteiger charge is 2.11. The third-order valence-corrected chi connectivity index (χ3v) is 3.86. The van der Waals surface area contributed by atoms with Crippen molar-refractivity contribution in [3.05, 3.63) is 29.3 Å². The maximum Gasteiger partial charge on any atom is 0.230 e. The summed E-state index contributed by atoms with van der Waals surface area (Å²) in [5, 5.41) is 15.5. The Morgan fingerprint density at radius 2 is 2.18 bits per heavy atom. The SMILES string of the molecule is COCCCNC(=O)CSc1nnnn1-c1ccc(Cl)cc1. The third kappa shape index (κ3) is 4.97. The lowest BCUT2D eigenvalue weighted by Gasteiger charge is -2.05. The number of tetrazole rings is 1. The summed E-state index contributed by atoms with van der Waals surface area (Å²) in [6, 6.07) is 7.15. The maximum atomic E-state index is 11.7.